The first-order valence-corrected chi connectivity index (χ1v) is 9.14. The summed E-state index contributed by atoms with van der Waals surface area (Å²) >= 11 is 1.31. The molecule has 0 atom stereocenters. The third-order valence-corrected chi connectivity index (χ3v) is 5.52. The molecule has 1 saturated heterocycles. The first-order valence-electron chi connectivity index (χ1n) is 8.33. The lowest BCUT2D eigenvalue weighted by atomic mass is 9.97. The Kier molecular flexibility index (Phi) is 5.37. The molecule has 0 spiro atoms. The van der Waals surface area contributed by atoms with Crippen molar-refractivity contribution in [1.29, 1.82) is 0 Å². The van der Waals surface area contributed by atoms with Crippen molar-refractivity contribution in [3.05, 3.63) is 29.0 Å². The van der Waals surface area contributed by atoms with E-state index in [0.717, 1.165) is 25.9 Å². The predicted octanol–water partition coefficient (Wildman–Crippen LogP) is 1.90. The molecule has 3 heterocycles. The van der Waals surface area contributed by atoms with Crippen molar-refractivity contribution in [2.75, 3.05) is 19.6 Å². The Balaban J connectivity index is 1.57. The first-order chi connectivity index (χ1) is 12.0. The molecule has 3 rings (SSSR count). The molecular formula is C17H21N5O2S. The van der Waals surface area contributed by atoms with E-state index in [1.807, 2.05) is 11.8 Å². The lowest BCUT2D eigenvalue weighted by molar-refractivity contribution is -0.130. The minimum absolute atomic E-state index is 0.105. The summed E-state index contributed by atoms with van der Waals surface area (Å²) in [6.07, 6.45) is 5.16. The Morgan fingerprint density at radius 1 is 1.28 bits per heavy atom. The van der Waals surface area contributed by atoms with Crippen molar-refractivity contribution in [3.63, 3.8) is 0 Å². The summed E-state index contributed by atoms with van der Waals surface area (Å²) in [4.78, 5) is 39.1. The summed E-state index contributed by atoms with van der Waals surface area (Å²) in [6, 6.07) is 1.75. The zero-order chi connectivity index (χ0) is 17.8. The number of carbonyl (C=O) groups excluding carboxylic acids is 2. The average molecular weight is 359 g/mol. The molecule has 1 aliphatic heterocycles. The fraction of sp³-hybridized carbons (Fsp3) is 0.471. The minimum atomic E-state index is -0.105. The second-order valence-electron chi connectivity index (χ2n) is 6.17. The van der Waals surface area contributed by atoms with Crippen molar-refractivity contribution in [3.8, 4) is 10.8 Å². The van der Waals surface area contributed by atoms with Gasteiger partial charge in [-0.15, -0.1) is 11.3 Å². The van der Waals surface area contributed by atoms with Gasteiger partial charge in [0, 0.05) is 39.0 Å². The van der Waals surface area contributed by atoms with Crippen LogP contribution in [0.1, 0.15) is 35.1 Å². The van der Waals surface area contributed by atoms with Crippen LogP contribution in [0, 0.1) is 12.8 Å². The van der Waals surface area contributed by atoms with Gasteiger partial charge in [-0.3, -0.25) is 9.59 Å². The zero-order valence-electron chi connectivity index (χ0n) is 14.4. The number of piperidine rings is 1. The van der Waals surface area contributed by atoms with E-state index in [1.165, 1.54) is 11.3 Å². The van der Waals surface area contributed by atoms with Crippen molar-refractivity contribution in [2.45, 2.75) is 26.7 Å². The molecule has 25 heavy (non-hydrogen) atoms. The summed E-state index contributed by atoms with van der Waals surface area (Å²) in [5.74, 6) is 0.959. The molecule has 0 bridgehead atoms. The fourth-order valence-corrected chi connectivity index (χ4v) is 3.81. The molecule has 1 aliphatic rings. The number of hydrogen-bond donors (Lipinski definition) is 1. The zero-order valence-corrected chi connectivity index (χ0v) is 15.2. The van der Waals surface area contributed by atoms with Crippen LogP contribution in [0.3, 0.4) is 0 Å². The van der Waals surface area contributed by atoms with Gasteiger partial charge in [0.15, 0.2) is 10.8 Å². The molecule has 7 nitrogen and oxygen atoms in total. The van der Waals surface area contributed by atoms with Gasteiger partial charge in [-0.25, -0.2) is 15.0 Å². The van der Waals surface area contributed by atoms with Gasteiger partial charge in [0.05, 0.1) is 5.69 Å². The van der Waals surface area contributed by atoms with Gasteiger partial charge in [-0.1, -0.05) is 0 Å². The summed E-state index contributed by atoms with van der Waals surface area (Å²) in [7, 11) is 0. The van der Waals surface area contributed by atoms with Crippen LogP contribution in [0.25, 0.3) is 10.8 Å². The van der Waals surface area contributed by atoms with Crippen LogP contribution >= 0.6 is 11.3 Å². The van der Waals surface area contributed by atoms with Gasteiger partial charge in [0.2, 0.25) is 5.91 Å². The van der Waals surface area contributed by atoms with Crippen LogP contribution in [0.2, 0.25) is 0 Å². The van der Waals surface area contributed by atoms with Gasteiger partial charge in [-0.05, 0) is 31.7 Å². The summed E-state index contributed by atoms with van der Waals surface area (Å²) in [5, 5.41) is 3.66. The topological polar surface area (TPSA) is 88.1 Å². The Hall–Kier alpha value is -2.35. The van der Waals surface area contributed by atoms with E-state index >= 15 is 0 Å². The van der Waals surface area contributed by atoms with Gasteiger partial charge in [0.25, 0.3) is 5.91 Å². The van der Waals surface area contributed by atoms with Crippen LogP contribution in [0.15, 0.2) is 18.5 Å². The molecule has 0 saturated carbocycles. The number of aromatic nitrogens is 3. The number of thiazole rings is 1. The van der Waals surface area contributed by atoms with E-state index in [1.54, 1.807) is 25.4 Å². The molecular weight excluding hydrogens is 338 g/mol. The van der Waals surface area contributed by atoms with Crippen molar-refractivity contribution < 1.29 is 9.59 Å². The molecule has 0 radical (unpaired) electrons. The fourth-order valence-electron chi connectivity index (χ4n) is 2.88. The highest BCUT2D eigenvalue weighted by Gasteiger charge is 2.22. The number of hydrogen-bond acceptors (Lipinski definition) is 6. The second kappa shape index (κ2) is 7.69. The highest BCUT2D eigenvalue weighted by Crippen LogP contribution is 2.25. The third kappa shape index (κ3) is 4.19. The number of nitrogens with one attached hydrogen (secondary N) is 1. The Labute approximate surface area is 150 Å². The highest BCUT2D eigenvalue weighted by atomic mass is 32.1. The van der Waals surface area contributed by atoms with Crippen molar-refractivity contribution >= 4 is 23.2 Å². The Morgan fingerprint density at radius 3 is 2.60 bits per heavy atom. The Bertz CT molecular complexity index is 754. The molecule has 1 N–H and O–H groups in total. The van der Waals surface area contributed by atoms with E-state index < -0.39 is 0 Å². The molecule has 0 unspecified atom stereocenters. The molecule has 2 aromatic heterocycles. The normalized spacial score (nSPS) is 15.2. The smallest absolute Gasteiger partial charge is 0.263 e. The second-order valence-corrected chi connectivity index (χ2v) is 7.16. The molecule has 8 heteroatoms. The van der Waals surface area contributed by atoms with Crippen LogP contribution in [0.5, 0.6) is 0 Å². The average Bonchev–Trinajstić information content (AvgIpc) is 3.02. The molecule has 1 fully saturated rings. The molecule has 132 valence electrons. The SMILES string of the molecule is CC(=O)N1CCC(CNC(=O)c2sc(-c3ncccn3)nc2C)CC1. The summed E-state index contributed by atoms with van der Waals surface area (Å²) in [6.45, 7) is 5.58. The number of likely N-dealkylation sites (tertiary alicyclic amines) is 1. The standard InChI is InChI=1S/C17H21N5O2S/c1-11-14(25-17(21-11)15-18-6-3-7-19-15)16(24)20-10-13-4-8-22(9-5-13)12(2)23/h3,6-7,13H,4-5,8-10H2,1-2H3,(H,20,24). The maximum absolute atomic E-state index is 12.5. The van der Waals surface area contributed by atoms with Crippen LogP contribution < -0.4 is 5.32 Å². The van der Waals surface area contributed by atoms with E-state index in [4.69, 9.17) is 0 Å². The quantitative estimate of drug-likeness (QED) is 0.901. The van der Waals surface area contributed by atoms with Crippen molar-refractivity contribution in [2.24, 2.45) is 5.92 Å². The molecule has 2 amide bonds. The highest BCUT2D eigenvalue weighted by molar-refractivity contribution is 7.17. The van der Waals surface area contributed by atoms with Gasteiger partial charge in [-0.2, -0.15) is 0 Å². The Morgan fingerprint density at radius 2 is 1.96 bits per heavy atom. The molecule has 2 aromatic rings. The van der Waals surface area contributed by atoms with E-state index in [2.05, 4.69) is 20.3 Å². The molecule has 0 aromatic carbocycles. The van der Waals surface area contributed by atoms with Gasteiger partial charge in [0.1, 0.15) is 4.88 Å². The van der Waals surface area contributed by atoms with Gasteiger partial charge < -0.3 is 10.2 Å². The third-order valence-electron chi connectivity index (χ3n) is 4.37. The largest absolute Gasteiger partial charge is 0.351 e. The number of nitrogens with zero attached hydrogens (tertiary/aromatic N) is 4. The lowest BCUT2D eigenvalue weighted by Crippen LogP contribution is -2.40. The first kappa shape index (κ1) is 17.5. The maximum atomic E-state index is 12.5. The van der Waals surface area contributed by atoms with Gasteiger partial charge >= 0.3 is 0 Å². The van der Waals surface area contributed by atoms with Crippen LogP contribution in [0.4, 0.5) is 0 Å². The summed E-state index contributed by atoms with van der Waals surface area (Å²) in [5.41, 5.74) is 0.691. The predicted molar refractivity (Wildman–Crippen MR) is 95.2 cm³/mol. The minimum Gasteiger partial charge on any atom is -0.351 e. The van der Waals surface area contributed by atoms with Crippen molar-refractivity contribution in [1.82, 2.24) is 25.2 Å². The number of amides is 2. The summed E-state index contributed by atoms with van der Waals surface area (Å²) < 4.78 is 0. The monoisotopic (exact) mass is 359 g/mol. The van der Waals surface area contributed by atoms with E-state index in [9.17, 15) is 9.59 Å². The number of aryl methyl sites for hydroxylation is 1. The van der Waals surface area contributed by atoms with E-state index in [0.29, 0.717) is 33.9 Å². The van der Waals surface area contributed by atoms with Crippen LogP contribution in [-0.2, 0) is 4.79 Å². The number of rotatable bonds is 4. The number of carbonyl (C=O) groups is 2. The lowest BCUT2D eigenvalue weighted by Gasteiger charge is -2.31. The maximum Gasteiger partial charge on any atom is 0.263 e. The van der Waals surface area contributed by atoms with Crippen LogP contribution in [-0.4, -0.2) is 51.3 Å². The molecule has 0 aliphatic carbocycles. The van der Waals surface area contributed by atoms with E-state index in [-0.39, 0.29) is 11.8 Å².